The van der Waals surface area contributed by atoms with Gasteiger partial charge in [0.15, 0.2) is 0 Å². The van der Waals surface area contributed by atoms with Crippen LogP contribution < -0.4 is 0 Å². The van der Waals surface area contributed by atoms with Crippen molar-refractivity contribution in [3.05, 3.63) is 254 Å². The number of fused-ring (bicyclic) bond motifs is 10. The zero-order valence-electron chi connectivity index (χ0n) is 45.3. The molecule has 8 heteroatoms. The molecule has 8 aromatic rings. The summed E-state index contributed by atoms with van der Waals surface area (Å²) in [5, 5.41) is 14.3. The third-order valence-corrected chi connectivity index (χ3v) is 18.9. The zero-order chi connectivity index (χ0) is 45.4. The largest absolute Gasteiger partial charge is 4.00 e. The monoisotopic (exact) mass is 1120 g/mol. The van der Waals surface area contributed by atoms with Crippen LogP contribution in [0, 0.1) is 93.9 Å². The van der Waals surface area contributed by atoms with Crippen LogP contribution in [0.3, 0.4) is 0 Å². The van der Waals surface area contributed by atoms with Gasteiger partial charge in [0, 0.05) is 29.2 Å². The van der Waals surface area contributed by atoms with Crippen LogP contribution >= 0.6 is 45.9 Å². The normalized spacial score (nSPS) is 23.0. The first kappa shape index (κ1) is 64.6. The van der Waals surface area contributed by atoms with Gasteiger partial charge in [0.2, 0.25) is 0 Å². The Labute approximate surface area is 494 Å². The van der Waals surface area contributed by atoms with Crippen LogP contribution in [0.5, 0.6) is 0 Å². The van der Waals surface area contributed by atoms with E-state index in [0.717, 1.165) is 17.1 Å². The summed E-state index contributed by atoms with van der Waals surface area (Å²) in [6, 6.07) is 47.2. The Morgan fingerprint density at radius 3 is 1.19 bits per heavy atom. The number of halogens is 2. The molecular formula is C66H72Cl2N2S2Ti2. The topological polar surface area (TPSA) is 28.2 Å². The van der Waals surface area contributed by atoms with E-state index in [1.165, 1.54) is 52.2 Å². The maximum atomic E-state index is 6.46. The first-order valence-electron chi connectivity index (χ1n) is 23.6. The van der Waals surface area contributed by atoms with Gasteiger partial charge in [0.1, 0.15) is 0 Å². The molecule has 0 N–H and O–H groups in total. The summed E-state index contributed by atoms with van der Waals surface area (Å²) in [6.45, 7) is 14.1. The second kappa shape index (κ2) is 26.6. The molecule has 0 bridgehead atoms. The quantitative estimate of drug-likeness (QED) is 0.117. The molecule has 4 aliphatic carbocycles. The van der Waals surface area contributed by atoms with Gasteiger partial charge in [-0.25, -0.2) is 0 Å². The summed E-state index contributed by atoms with van der Waals surface area (Å²) in [6.07, 6.45) is 9.75. The molecule has 380 valence electrons. The molecule has 2 saturated carbocycles. The molecule has 0 saturated heterocycles. The van der Waals surface area contributed by atoms with Crippen molar-refractivity contribution >= 4 is 101 Å². The third-order valence-electron chi connectivity index (χ3n) is 15.9. The summed E-state index contributed by atoms with van der Waals surface area (Å²) in [4.78, 5) is 2.89. The van der Waals surface area contributed by atoms with E-state index in [1.807, 2.05) is 40.9 Å². The minimum Gasteiger partial charge on any atom is -0.657 e. The van der Waals surface area contributed by atoms with Crippen LogP contribution in [0.1, 0.15) is 94.5 Å². The molecule has 2 heterocycles. The number of para-hydroxylation sites is 4. The first-order valence-corrected chi connectivity index (χ1v) is 26.0. The fourth-order valence-corrected chi connectivity index (χ4v) is 15.4. The number of benzene rings is 6. The summed E-state index contributed by atoms with van der Waals surface area (Å²) in [5.74, 6) is 5.18. The fourth-order valence-electron chi connectivity index (χ4n) is 12.6. The summed E-state index contributed by atoms with van der Waals surface area (Å²) >= 11 is 16.8. The predicted molar refractivity (Wildman–Crippen MR) is 325 cm³/mol. The predicted octanol–water partition coefficient (Wildman–Crippen LogP) is 22.7. The van der Waals surface area contributed by atoms with E-state index in [9.17, 15) is 0 Å². The molecular weight excluding hydrogens is 1050 g/mol. The van der Waals surface area contributed by atoms with E-state index in [-0.39, 0.29) is 88.0 Å². The average Bonchev–Trinajstić information content (AvgIpc) is 4.04. The molecule has 0 amide bonds. The van der Waals surface area contributed by atoms with Gasteiger partial charge >= 0.3 is 43.4 Å². The molecule has 6 aromatic carbocycles. The minimum absolute atomic E-state index is 0. The molecule has 10 unspecified atom stereocenters. The van der Waals surface area contributed by atoms with Crippen molar-refractivity contribution in [3.8, 4) is 0 Å². The van der Waals surface area contributed by atoms with Gasteiger partial charge in [-0.2, -0.15) is 0 Å². The zero-order valence-corrected chi connectivity index (χ0v) is 51.5. The molecule has 0 spiro atoms. The molecule has 74 heavy (non-hydrogen) atoms. The second-order valence-corrected chi connectivity index (χ2v) is 22.3. The van der Waals surface area contributed by atoms with Crippen LogP contribution in [0.4, 0.5) is 22.7 Å². The number of hydrogen-bond acceptors (Lipinski definition) is 2. The van der Waals surface area contributed by atoms with Gasteiger partial charge in [-0.1, -0.05) is 200 Å². The summed E-state index contributed by atoms with van der Waals surface area (Å²) in [5.41, 5.74) is 12.2. The number of allylic oxidation sites excluding steroid dienone is 2. The van der Waals surface area contributed by atoms with E-state index in [1.54, 1.807) is 11.1 Å². The first-order chi connectivity index (χ1) is 32.1. The van der Waals surface area contributed by atoms with E-state index >= 15 is 0 Å². The van der Waals surface area contributed by atoms with Crippen LogP contribution in [0.25, 0.3) is 43.0 Å². The van der Waals surface area contributed by atoms with Crippen molar-refractivity contribution in [2.75, 3.05) is 0 Å². The fraction of sp³-hybridized carbons (Fsp3) is 0.242. The van der Waals surface area contributed by atoms with Gasteiger partial charge in [-0.15, -0.1) is 39.7 Å². The Morgan fingerprint density at radius 2 is 0.757 bits per heavy atom. The van der Waals surface area contributed by atoms with Crippen molar-refractivity contribution in [2.45, 2.75) is 65.2 Å². The van der Waals surface area contributed by atoms with E-state index < -0.39 is 0 Å². The molecule has 2 nitrogen and oxygen atoms in total. The maximum Gasteiger partial charge on any atom is 4.00 e. The molecule has 12 rings (SSSR count). The number of rotatable bonds is 6. The Kier molecular flexibility index (Phi) is 23.2. The molecule has 4 aliphatic rings. The smallest absolute Gasteiger partial charge is 0.657 e. The third kappa shape index (κ3) is 11.2. The molecule has 2 fully saturated rings. The summed E-state index contributed by atoms with van der Waals surface area (Å²) < 4.78 is 2.81. The van der Waals surface area contributed by atoms with Crippen LogP contribution in [-0.2, 0) is 43.4 Å². The Morgan fingerprint density at radius 1 is 0.405 bits per heavy atom. The molecule has 0 aliphatic heterocycles. The Bertz CT molecular complexity index is 2950. The summed E-state index contributed by atoms with van der Waals surface area (Å²) in [7, 11) is 0. The maximum absolute atomic E-state index is 6.46. The van der Waals surface area contributed by atoms with Gasteiger partial charge in [-0.3, -0.25) is 0 Å². The molecule has 10 atom stereocenters. The number of thiophene rings is 2. The van der Waals surface area contributed by atoms with Crippen molar-refractivity contribution in [2.24, 2.45) is 35.5 Å². The van der Waals surface area contributed by atoms with E-state index in [2.05, 4.69) is 181 Å². The molecule has 2 aromatic heterocycles. The van der Waals surface area contributed by atoms with Gasteiger partial charge in [0.25, 0.3) is 0 Å². The number of hydrogen-bond donors (Lipinski definition) is 0. The van der Waals surface area contributed by atoms with Crippen molar-refractivity contribution < 1.29 is 43.4 Å². The number of aryl methyl sites for hydroxylation is 2. The van der Waals surface area contributed by atoms with Crippen LogP contribution in [-0.4, -0.2) is 0 Å². The van der Waals surface area contributed by atoms with Crippen LogP contribution in [0.2, 0.25) is 10.0 Å². The Balaban J connectivity index is 0.000000352. The SMILES string of the molecule is CC1C(C)C2c3c(sc4ccccc34)C=CC2C1c1ccccc1[N-]c1c(Cl)cccc1Cl.Cc1cccc(C)c1[N-]c1ccccc1C1C(C)C(C)C2c3c(sc4ccccc34)C=CC12.[CH3-].[CH3-].[CH3-].[CH3-].[CH3-].[CH3-].[Ti+4].[Ti+4]. The number of nitrogens with zero attached hydrogens (tertiary/aromatic N) is 2. The van der Waals surface area contributed by atoms with E-state index in [0.29, 0.717) is 74.9 Å². The van der Waals surface area contributed by atoms with Crippen molar-refractivity contribution in [1.82, 2.24) is 0 Å². The molecule has 0 radical (unpaired) electrons. The van der Waals surface area contributed by atoms with Gasteiger partial charge in [0.05, 0.1) is 0 Å². The second-order valence-electron chi connectivity index (χ2n) is 19.3. The standard InChI is InChI=1S/C31H30NS.C29H24Cl2NS.6CH3.2Ti/c1-18-10-9-11-19(2)31(18)32-25-14-7-5-12-22(25)28-20(3)21(4)29-24(28)16-17-27-30(29)23-13-6-8-15-26(23)33-27;1-16-17(2)27-20(14-15-25-28(27)19-9-4-6-13-24(19)33-25)26(16)18-8-3-5-12-23(18)32-29-21(30)10-7-11-22(29)31;;;;;;;;/h5-17,20-21,24,28-29H,1-4H3;3-17,20,26-27H,1-2H3;6*1H3;;/q8*-1;2*+4. The Hall–Kier alpha value is -3.67. The van der Waals surface area contributed by atoms with E-state index in [4.69, 9.17) is 33.8 Å². The minimum atomic E-state index is 0. The van der Waals surface area contributed by atoms with Crippen LogP contribution in [0.15, 0.2) is 146 Å². The average molecular weight is 1120 g/mol. The van der Waals surface area contributed by atoms with Gasteiger partial charge in [-0.05, 0) is 131 Å². The van der Waals surface area contributed by atoms with Gasteiger partial charge < -0.3 is 55.2 Å². The van der Waals surface area contributed by atoms with Crippen molar-refractivity contribution in [1.29, 1.82) is 0 Å². The van der Waals surface area contributed by atoms with Crippen molar-refractivity contribution in [3.63, 3.8) is 0 Å².